The predicted octanol–water partition coefficient (Wildman–Crippen LogP) is 3.39. The number of hydrogen-bond donors (Lipinski definition) is 1. The topological polar surface area (TPSA) is 59.0 Å². The molecule has 27 heavy (non-hydrogen) atoms. The van der Waals surface area contributed by atoms with Crippen molar-refractivity contribution >= 4 is 5.91 Å². The number of ether oxygens (including phenoxy) is 2. The molecule has 0 aliphatic heterocycles. The quantitative estimate of drug-likeness (QED) is 0.775. The van der Waals surface area contributed by atoms with Gasteiger partial charge in [0.2, 0.25) is 5.91 Å². The van der Waals surface area contributed by atoms with E-state index in [-0.39, 0.29) is 18.4 Å². The van der Waals surface area contributed by atoms with Gasteiger partial charge in [-0.1, -0.05) is 36.4 Å². The van der Waals surface area contributed by atoms with Gasteiger partial charge in [0.15, 0.2) is 11.5 Å². The summed E-state index contributed by atoms with van der Waals surface area (Å²) in [5.41, 5.74) is 1.74. The van der Waals surface area contributed by atoms with Crippen LogP contribution in [-0.2, 0) is 4.79 Å². The Morgan fingerprint density at radius 3 is 2.33 bits per heavy atom. The first kappa shape index (κ1) is 19.2. The van der Waals surface area contributed by atoms with Gasteiger partial charge in [0, 0.05) is 7.05 Å². The molecule has 2 unspecified atom stereocenters. The molecule has 5 nitrogen and oxygen atoms in total. The number of carbonyl (C=O) groups is 1. The summed E-state index contributed by atoms with van der Waals surface area (Å²) < 4.78 is 10.5. The Morgan fingerprint density at radius 2 is 1.74 bits per heavy atom. The summed E-state index contributed by atoms with van der Waals surface area (Å²) in [7, 11) is 4.89. The van der Waals surface area contributed by atoms with E-state index in [1.54, 1.807) is 44.4 Å². The van der Waals surface area contributed by atoms with Crippen LogP contribution >= 0.6 is 0 Å². The fourth-order valence-electron chi connectivity index (χ4n) is 3.46. The highest BCUT2D eigenvalue weighted by atomic mass is 16.5. The van der Waals surface area contributed by atoms with Crippen LogP contribution in [0, 0.1) is 5.92 Å². The smallest absolute Gasteiger partial charge is 0.230 e. The first-order chi connectivity index (χ1) is 13.0. The molecule has 0 spiro atoms. The molecule has 0 aromatic heterocycles. The summed E-state index contributed by atoms with van der Waals surface area (Å²) in [5, 5.41) is 10.6. The van der Waals surface area contributed by atoms with Crippen molar-refractivity contribution < 1.29 is 19.4 Å². The highest BCUT2D eigenvalue weighted by molar-refractivity contribution is 5.84. The molecule has 144 valence electrons. The fourth-order valence-corrected chi connectivity index (χ4v) is 3.46. The third-order valence-corrected chi connectivity index (χ3v) is 5.13. The molecule has 1 aliphatic carbocycles. The van der Waals surface area contributed by atoms with Gasteiger partial charge in [-0.15, -0.1) is 0 Å². The van der Waals surface area contributed by atoms with Crippen LogP contribution in [0.3, 0.4) is 0 Å². The summed E-state index contributed by atoms with van der Waals surface area (Å²) in [5.74, 6) is 1.50. The van der Waals surface area contributed by atoms with Gasteiger partial charge in [0.25, 0.3) is 0 Å². The maximum Gasteiger partial charge on any atom is 0.230 e. The molecular weight excluding hydrogens is 342 g/mol. The van der Waals surface area contributed by atoms with Gasteiger partial charge in [-0.3, -0.25) is 4.79 Å². The zero-order chi connectivity index (χ0) is 19.4. The largest absolute Gasteiger partial charge is 0.493 e. The second kappa shape index (κ2) is 8.44. The van der Waals surface area contributed by atoms with E-state index >= 15 is 0 Å². The van der Waals surface area contributed by atoms with E-state index < -0.39 is 6.10 Å². The second-order valence-corrected chi connectivity index (χ2v) is 7.07. The molecule has 1 fully saturated rings. The number of nitrogens with zero attached hydrogens (tertiary/aromatic N) is 1. The Labute approximate surface area is 160 Å². The molecule has 2 aromatic carbocycles. The average Bonchev–Trinajstić information content (AvgIpc) is 3.53. The Kier molecular flexibility index (Phi) is 6.01. The number of aliphatic hydroxyl groups is 1. The molecule has 0 radical (unpaired) electrons. The van der Waals surface area contributed by atoms with Crippen molar-refractivity contribution in [2.24, 2.45) is 5.92 Å². The number of carbonyl (C=O) groups excluding carboxylic acids is 1. The van der Waals surface area contributed by atoms with E-state index in [4.69, 9.17) is 9.47 Å². The van der Waals surface area contributed by atoms with Gasteiger partial charge in [-0.05, 0) is 42.0 Å². The molecule has 2 aromatic rings. The van der Waals surface area contributed by atoms with Crippen LogP contribution in [-0.4, -0.2) is 43.7 Å². The molecular formula is C22H27NO4. The van der Waals surface area contributed by atoms with E-state index in [1.165, 1.54) is 0 Å². The molecule has 1 N–H and O–H groups in total. The summed E-state index contributed by atoms with van der Waals surface area (Å²) in [6.45, 7) is 0.227. The number of likely N-dealkylation sites (N-methyl/N-ethyl adjacent to an activating group) is 1. The molecule has 0 saturated heterocycles. The predicted molar refractivity (Wildman–Crippen MR) is 104 cm³/mol. The molecule has 1 saturated carbocycles. The third-order valence-electron chi connectivity index (χ3n) is 5.13. The Hall–Kier alpha value is -2.53. The normalized spacial score (nSPS) is 15.7. The second-order valence-electron chi connectivity index (χ2n) is 7.07. The van der Waals surface area contributed by atoms with E-state index in [0.29, 0.717) is 23.0 Å². The molecule has 3 rings (SSSR count). The maximum absolute atomic E-state index is 13.1. The van der Waals surface area contributed by atoms with Gasteiger partial charge in [-0.2, -0.15) is 0 Å². The Bertz CT molecular complexity index is 773. The molecule has 5 heteroatoms. The Morgan fingerprint density at radius 1 is 1.07 bits per heavy atom. The van der Waals surface area contributed by atoms with Crippen LogP contribution < -0.4 is 9.47 Å². The number of rotatable bonds is 8. The lowest BCUT2D eigenvalue weighted by atomic mass is 9.92. The number of aliphatic hydroxyl groups excluding tert-OH is 1. The van der Waals surface area contributed by atoms with Crippen LogP contribution in [0.2, 0.25) is 0 Å². The molecule has 2 atom stereocenters. The summed E-state index contributed by atoms with van der Waals surface area (Å²) in [6.07, 6.45) is 1.36. The van der Waals surface area contributed by atoms with Gasteiger partial charge >= 0.3 is 0 Å². The highest BCUT2D eigenvalue weighted by Crippen LogP contribution is 2.43. The molecule has 1 aliphatic rings. The van der Waals surface area contributed by atoms with Gasteiger partial charge in [-0.25, -0.2) is 0 Å². The minimum Gasteiger partial charge on any atom is -0.493 e. The van der Waals surface area contributed by atoms with Gasteiger partial charge in [0.05, 0.1) is 32.8 Å². The van der Waals surface area contributed by atoms with Crippen LogP contribution in [0.4, 0.5) is 0 Å². The van der Waals surface area contributed by atoms with Crippen molar-refractivity contribution in [1.82, 2.24) is 4.90 Å². The fraction of sp³-hybridized carbons (Fsp3) is 0.409. The van der Waals surface area contributed by atoms with Crippen LogP contribution in [0.15, 0.2) is 48.5 Å². The zero-order valence-corrected chi connectivity index (χ0v) is 16.1. The number of methoxy groups -OCH3 is 2. The molecule has 0 heterocycles. The van der Waals surface area contributed by atoms with E-state index in [9.17, 15) is 9.90 Å². The SMILES string of the molecule is COc1ccc(C(O)CN(C)C(=O)C(c2ccccc2)C2CC2)cc1OC. The van der Waals surface area contributed by atoms with Gasteiger partial charge in [0.1, 0.15) is 0 Å². The highest BCUT2D eigenvalue weighted by Gasteiger charge is 2.38. The monoisotopic (exact) mass is 369 g/mol. The van der Waals surface area contributed by atoms with Crippen LogP contribution in [0.25, 0.3) is 0 Å². The number of amides is 1. The lowest BCUT2D eigenvalue weighted by molar-refractivity contribution is -0.133. The lowest BCUT2D eigenvalue weighted by Gasteiger charge is -2.26. The minimum absolute atomic E-state index is 0.0585. The van der Waals surface area contributed by atoms with Gasteiger partial charge < -0.3 is 19.5 Å². The minimum atomic E-state index is -0.797. The van der Waals surface area contributed by atoms with Crippen LogP contribution in [0.5, 0.6) is 11.5 Å². The standard InChI is InChI=1S/C22H27NO4/c1-23(14-18(24)17-11-12-19(26-2)20(13-17)27-3)22(25)21(16-9-10-16)15-7-5-4-6-8-15/h4-8,11-13,16,18,21,24H,9-10,14H2,1-3H3. The van der Waals surface area contributed by atoms with Crippen molar-refractivity contribution in [3.8, 4) is 11.5 Å². The van der Waals surface area contributed by atoms with Crippen LogP contribution in [0.1, 0.15) is 36.0 Å². The average molecular weight is 369 g/mol. The maximum atomic E-state index is 13.1. The Balaban J connectivity index is 1.72. The van der Waals surface area contributed by atoms with Crippen molar-refractivity contribution in [2.75, 3.05) is 27.8 Å². The zero-order valence-electron chi connectivity index (χ0n) is 16.1. The van der Waals surface area contributed by atoms with Crippen molar-refractivity contribution in [3.63, 3.8) is 0 Å². The number of benzene rings is 2. The molecule has 0 bridgehead atoms. The first-order valence-electron chi connectivity index (χ1n) is 9.25. The first-order valence-corrected chi connectivity index (χ1v) is 9.25. The van der Waals surface area contributed by atoms with E-state index in [2.05, 4.69) is 0 Å². The third kappa shape index (κ3) is 4.42. The van der Waals surface area contributed by atoms with Crippen molar-refractivity contribution in [3.05, 3.63) is 59.7 Å². The summed E-state index contributed by atoms with van der Waals surface area (Å²) >= 11 is 0. The van der Waals surface area contributed by atoms with Crippen molar-refractivity contribution in [2.45, 2.75) is 24.9 Å². The summed E-state index contributed by atoms with van der Waals surface area (Å²) in [6, 6.07) is 15.2. The van der Waals surface area contributed by atoms with E-state index in [1.807, 2.05) is 30.3 Å². The van der Waals surface area contributed by atoms with E-state index in [0.717, 1.165) is 18.4 Å². The number of hydrogen-bond acceptors (Lipinski definition) is 4. The molecule has 1 amide bonds. The van der Waals surface area contributed by atoms with Crippen molar-refractivity contribution in [1.29, 1.82) is 0 Å². The lowest BCUT2D eigenvalue weighted by Crippen LogP contribution is -2.35. The summed E-state index contributed by atoms with van der Waals surface area (Å²) in [4.78, 5) is 14.7.